The Balaban J connectivity index is 2.04. The second-order valence-electron chi connectivity index (χ2n) is 7.05. The van der Waals surface area contributed by atoms with E-state index in [1.54, 1.807) is 18.2 Å². The summed E-state index contributed by atoms with van der Waals surface area (Å²) in [7, 11) is -4.75. The van der Waals surface area contributed by atoms with Gasteiger partial charge in [-0.15, -0.1) is 0 Å². The maximum absolute atomic E-state index is 13.7. The number of aromatic hydroxyl groups is 1. The van der Waals surface area contributed by atoms with Crippen molar-refractivity contribution in [2.75, 3.05) is 4.72 Å². The summed E-state index contributed by atoms with van der Waals surface area (Å²) >= 11 is 6.27. The van der Waals surface area contributed by atoms with Crippen molar-refractivity contribution in [3.8, 4) is 16.9 Å². The topological polar surface area (TPSA) is 92.7 Å². The van der Waals surface area contributed by atoms with Crippen molar-refractivity contribution in [2.45, 2.75) is 17.7 Å². The first kappa shape index (κ1) is 23.6. The van der Waals surface area contributed by atoms with Crippen LogP contribution in [0, 0.1) is 0 Å². The van der Waals surface area contributed by atoms with Crippen LogP contribution in [0.1, 0.15) is 21.5 Å². The van der Waals surface area contributed by atoms with E-state index in [4.69, 9.17) is 4.74 Å². The number of ether oxygens (including phenoxy) is 1. The van der Waals surface area contributed by atoms with Crippen LogP contribution >= 0.6 is 31.9 Å². The molecule has 1 aliphatic rings. The van der Waals surface area contributed by atoms with E-state index in [-0.39, 0.29) is 22.2 Å². The molecule has 4 rings (SSSR count). The minimum Gasteiger partial charge on any atom is -0.505 e. The van der Waals surface area contributed by atoms with Crippen LogP contribution in [0.3, 0.4) is 0 Å². The molecule has 4 bridgehead atoms. The van der Waals surface area contributed by atoms with Gasteiger partial charge in [-0.3, -0.25) is 4.72 Å². The quantitative estimate of drug-likeness (QED) is 0.303. The molecule has 0 saturated carbocycles. The Morgan fingerprint density at radius 3 is 2.42 bits per heavy atom. The van der Waals surface area contributed by atoms with E-state index in [0.717, 1.165) is 24.3 Å². The molecule has 3 aromatic rings. The van der Waals surface area contributed by atoms with Crippen molar-refractivity contribution >= 4 is 53.5 Å². The highest BCUT2D eigenvalue weighted by atomic mass is 79.9. The Kier molecular flexibility index (Phi) is 5.95. The number of hydrogen-bond acceptors (Lipinski definition) is 5. The Labute approximate surface area is 202 Å². The summed E-state index contributed by atoms with van der Waals surface area (Å²) < 4.78 is 74.7. The summed E-state index contributed by atoms with van der Waals surface area (Å²) in [6.07, 6.45) is -4.87. The van der Waals surface area contributed by atoms with Crippen LogP contribution in [0.5, 0.6) is 5.75 Å². The molecule has 0 fully saturated rings. The molecule has 0 aromatic heterocycles. The molecule has 6 nitrogen and oxygen atoms in total. The normalized spacial score (nSPS) is 15.2. The van der Waals surface area contributed by atoms with Crippen LogP contribution in [0.25, 0.3) is 11.1 Å². The molecule has 0 aliphatic carbocycles. The monoisotopic (exact) mass is 605 g/mol. The molecule has 0 amide bonds. The fraction of sp³-hybridized carbons (Fsp3) is 0.0952. The van der Waals surface area contributed by atoms with E-state index in [1.165, 1.54) is 6.07 Å². The van der Waals surface area contributed by atoms with Crippen LogP contribution in [0.15, 0.2) is 62.4 Å². The zero-order valence-electron chi connectivity index (χ0n) is 16.2. The number of anilines is 1. The molecule has 0 spiro atoms. The zero-order chi connectivity index (χ0) is 24.1. The van der Waals surface area contributed by atoms with Crippen LogP contribution in [-0.2, 0) is 27.5 Å². The number of phenols is 1. The molecule has 2 N–H and O–H groups in total. The number of halogens is 5. The fourth-order valence-electron chi connectivity index (χ4n) is 3.31. The number of phenolic OH excluding ortho intramolecular Hbond substituents is 1. The van der Waals surface area contributed by atoms with Crippen molar-refractivity contribution in [1.82, 2.24) is 0 Å². The molecule has 1 heterocycles. The lowest BCUT2D eigenvalue weighted by atomic mass is 9.98. The molecule has 0 unspecified atom stereocenters. The maximum Gasteiger partial charge on any atom is 0.418 e. The summed E-state index contributed by atoms with van der Waals surface area (Å²) in [6, 6.07) is 9.91. The lowest BCUT2D eigenvalue weighted by Crippen LogP contribution is -2.18. The molecule has 172 valence electrons. The molecule has 0 atom stereocenters. The Hall–Kier alpha value is -2.57. The Bertz CT molecular complexity index is 1410. The van der Waals surface area contributed by atoms with Gasteiger partial charge in [0.15, 0.2) is 0 Å². The highest BCUT2D eigenvalue weighted by Gasteiger charge is 2.36. The van der Waals surface area contributed by atoms with Crippen LogP contribution in [0.4, 0.5) is 18.9 Å². The first-order chi connectivity index (χ1) is 15.4. The van der Waals surface area contributed by atoms with Crippen molar-refractivity contribution in [3.05, 3.63) is 74.2 Å². The predicted molar refractivity (Wildman–Crippen MR) is 120 cm³/mol. The third-order valence-corrected chi connectivity index (χ3v) is 7.34. The lowest BCUT2D eigenvalue weighted by molar-refractivity contribution is -0.136. The van der Waals surface area contributed by atoms with Crippen molar-refractivity contribution in [2.24, 2.45) is 0 Å². The van der Waals surface area contributed by atoms with Gasteiger partial charge in [0, 0.05) is 4.47 Å². The summed E-state index contributed by atoms with van der Waals surface area (Å²) in [4.78, 5) is 11.8. The minimum atomic E-state index is -4.87. The number of esters is 1. The molecule has 0 radical (unpaired) electrons. The van der Waals surface area contributed by atoms with Crippen molar-refractivity contribution < 1.29 is 36.2 Å². The van der Waals surface area contributed by atoms with Gasteiger partial charge in [-0.25, -0.2) is 13.2 Å². The number of hydrogen-bond donors (Lipinski definition) is 2. The standard InChI is InChI=1S/C21H12Br2F3NO5S/c22-13-3-1-11-9-32-20(29)12-5-16(23)19(28)18(7-12)33(30,31)27-17-6-10(14(11)8-13)2-4-15(17)21(24,25)26/h1-8,27-28H,9H2. The van der Waals surface area contributed by atoms with Gasteiger partial charge in [-0.1, -0.05) is 28.1 Å². The number of carbonyl (C=O) groups excluding carboxylic acids is 1. The number of rotatable bonds is 0. The van der Waals surface area contributed by atoms with E-state index in [1.807, 2.05) is 4.72 Å². The van der Waals surface area contributed by atoms with Gasteiger partial charge in [0.1, 0.15) is 17.3 Å². The predicted octanol–water partition coefficient (Wildman–Crippen LogP) is 6.07. The van der Waals surface area contributed by atoms with Crippen molar-refractivity contribution in [3.63, 3.8) is 0 Å². The van der Waals surface area contributed by atoms with Gasteiger partial charge in [0.25, 0.3) is 10.0 Å². The Morgan fingerprint density at radius 1 is 1.00 bits per heavy atom. The average Bonchev–Trinajstić information content (AvgIpc) is 2.72. The van der Waals surface area contributed by atoms with Crippen LogP contribution < -0.4 is 4.72 Å². The maximum atomic E-state index is 13.7. The number of nitrogens with one attached hydrogen (secondary N) is 1. The second kappa shape index (κ2) is 8.33. The first-order valence-electron chi connectivity index (χ1n) is 9.09. The van der Waals surface area contributed by atoms with Crippen molar-refractivity contribution in [1.29, 1.82) is 0 Å². The fourth-order valence-corrected chi connectivity index (χ4v) is 5.48. The van der Waals surface area contributed by atoms with E-state index in [2.05, 4.69) is 31.9 Å². The van der Waals surface area contributed by atoms with Gasteiger partial charge in [0.2, 0.25) is 0 Å². The zero-order valence-corrected chi connectivity index (χ0v) is 20.2. The number of alkyl halides is 3. The highest BCUT2D eigenvalue weighted by molar-refractivity contribution is 9.10. The van der Waals surface area contributed by atoms with E-state index in [9.17, 15) is 31.5 Å². The lowest BCUT2D eigenvalue weighted by Gasteiger charge is -2.18. The third kappa shape index (κ3) is 4.59. The smallest absolute Gasteiger partial charge is 0.418 e. The van der Waals surface area contributed by atoms with Gasteiger partial charge in [0.05, 0.1) is 21.3 Å². The second-order valence-corrected chi connectivity index (χ2v) is 10.5. The number of fused-ring (bicyclic) bond motifs is 6. The van der Waals surface area contributed by atoms with Gasteiger partial charge in [-0.05, 0) is 69.0 Å². The summed E-state index contributed by atoms with van der Waals surface area (Å²) in [5.41, 5.74) is -1.01. The molecule has 12 heteroatoms. The molecule has 3 aromatic carbocycles. The average molecular weight is 607 g/mol. The molecular formula is C21H12Br2F3NO5S. The van der Waals surface area contributed by atoms with E-state index in [0.29, 0.717) is 15.6 Å². The number of benzene rings is 3. The largest absolute Gasteiger partial charge is 0.505 e. The van der Waals surface area contributed by atoms with Gasteiger partial charge >= 0.3 is 12.1 Å². The number of cyclic esters (lactones) is 1. The van der Waals surface area contributed by atoms with Crippen LogP contribution in [-0.4, -0.2) is 19.5 Å². The molecule has 33 heavy (non-hydrogen) atoms. The molecule has 1 aliphatic heterocycles. The first-order valence-corrected chi connectivity index (χ1v) is 12.2. The number of sulfonamides is 1. The van der Waals surface area contributed by atoms with Crippen LogP contribution in [0.2, 0.25) is 0 Å². The summed E-state index contributed by atoms with van der Waals surface area (Å²) in [6.45, 7) is -0.230. The van der Waals surface area contributed by atoms with E-state index >= 15 is 0 Å². The third-order valence-electron chi connectivity index (χ3n) is 4.86. The highest BCUT2D eigenvalue weighted by Crippen LogP contribution is 2.41. The molecule has 0 saturated heterocycles. The Morgan fingerprint density at radius 2 is 1.73 bits per heavy atom. The summed E-state index contributed by atoms with van der Waals surface area (Å²) in [5, 5.41) is 10.3. The minimum absolute atomic E-state index is 0.152. The van der Waals surface area contributed by atoms with Gasteiger partial charge in [-0.2, -0.15) is 13.2 Å². The SMILES string of the molecule is O=C1OCc2ccc(Br)cc2-c2ccc(C(F)(F)F)c(c2)NS(=O)(=O)c2cc1cc(Br)c2O. The van der Waals surface area contributed by atoms with E-state index < -0.39 is 44.1 Å². The summed E-state index contributed by atoms with van der Waals surface area (Å²) in [5.74, 6) is -1.66. The number of carbonyl (C=O) groups is 1. The van der Waals surface area contributed by atoms with Gasteiger partial charge < -0.3 is 9.84 Å². The molecular weight excluding hydrogens is 595 g/mol.